The Morgan fingerprint density at radius 1 is 1.21 bits per heavy atom. The van der Waals surface area contributed by atoms with E-state index in [0.29, 0.717) is 12.2 Å². The topological polar surface area (TPSA) is 84.9 Å². The van der Waals surface area contributed by atoms with Gasteiger partial charge in [-0.2, -0.15) is 0 Å². The number of carbonyl (C=O) groups excluding carboxylic acids is 2. The van der Waals surface area contributed by atoms with Crippen LogP contribution >= 0.6 is 11.8 Å². The number of allylic oxidation sites excluding steroid dienone is 5. The molecule has 0 aromatic rings. The zero-order chi connectivity index (χ0) is 20.0. The Morgan fingerprint density at radius 3 is 2.75 bits per heavy atom. The molecule has 2 fully saturated rings. The van der Waals surface area contributed by atoms with Crippen LogP contribution in [0.15, 0.2) is 36.0 Å². The Bertz CT molecular complexity index is 674. The van der Waals surface area contributed by atoms with E-state index in [1.807, 2.05) is 19.1 Å². The van der Waals surface area contributed by atoms with Crippen molar-refractivity contribution in [3.05, 3.63) is 36.0 Å². The molecule has 3 rings (SSSR count). The number of rotatable bonds is 1. The number of nitrogens with one attached hydrogen (secondary N) is 1. The lowest BCUT2D eigenvalue weighted by atomic mass is 9.91. The molecule has 2 unspecified atom stereocenters. The molecule has 3 heterocycles. The second-order valence-corrected chi connectivity index (χ2v) is 8.69. The molecule has 154 valence electrons. The lowest BCUT2D eigenvalue weighted by Crippen LogP contribution is -2.58. The molecular formula is C21H29NO5S. The highest BCUT2D eigenvalue weighted by atomic mass is 32.2. The fourth-order valence-corrected chi connectivity index (χ4v) is 4.69. The van der Waals surface area contributed by atoms with Crippen LogP contribution in [-0.4, -0.2) is 46.1 Å². The standard InChI is InChI=1S/C21H29NO5S/c1-15-9-7-5-3-2-4-6-8-10-16-12-17(26-19(23)11-15)13-21(25,27-16)18-14-28-20(24)22-18/h2-5,11,16-18,25H,6-10,12-14H2,1H3,(H,22,24)/b4-2-,5-3+,15-11-/t16?,17?,18-,21+/m0/s1. The van der Waals surface area contributed by atoms with Gasteiger partial charge < -0.3 is 19.9 Å². The second kappa shape index (κ2) is 9.76. The minimum Gasteiger partial charge on any atom is -0.459 e. The van der Waals surface area contributed by atoms with Crippen LogP contribution in [0.2, 0.25) is 0 Å². The first-order chi connectivity index (χ1) is 13.4. The van der Waals surface area contributed by atoms with Gasteiger partial charge in [0.25, 0.3) is 5.24 Å². The summed E-state index contributed by atoms with van der Waals surface area (Å²) in [5, 5.41) is 13.7. The van der Waals surface area contributed by atoms with E-state index < -0.39 is 17.9 Å². The molecule has 0 spiro atoms. The Hall–Kier alpha value is -1.57. The van der Waals surface area contributed by atoms with Gasteiger partial charge in [0.1, 0.15) is 6.10 Å². The number of esters is 1. The molecule has 2 bridgehead atoms. The predicted molar refractivity (Wildman–Crippen MR) is 109 cm³/mol. The molecule has 0 saturated carbocycles. The molecule has 7 heteroatoms. The van der Waals surface area contributed by atoms with Crippen molar-refractivity contribution < 1.29 is 24.2 Å². The molecular weight excluding hydrogens is 378 g/mol. The van der Waals surface area contributed by atoms with Crippen molar-refractivity contribution >= 4 is 23.0 Å². The second-order valence-electron chi connectivity index (χ2n) is 7.70. The quantitative estimate of drug-likeness (QED) is 0.646. The Balaban J connectivity index is 1.75. The van der Waals surface area contributed by atoms with E-state index in [9.17, 15) is 14.7 Å². The first-order valence-electron chi connectivity index (χ1n) is 9.97. The van der Waals surface area contributed by atoms with Gasteiger partial charge >= 0.3 is 5.97 Å². The summed E-state index contributed by atoms with van der Waals surface area (Å²) < 4.78 is 11.7. The van der Waals surface area contributed by atoms with Crippen LogP contribution in [0.3, 0.4) is 0 Å². The highest BCUT2D eigenvalue weighted by molar-refractivity contribution is 8.14. The Kier molecular flexibility index (Phi) is 7.37. The van der Waals surface area contributed by atoms with Gasteiger partial charge in [-0.15, -0.1) is 0 Å². The molecule has 0 aromatic heterocycles. The van der Waals surface area contributed by atoms with E-state index in [0.717, 1.165) is 49.4 Å². The Morgan fingerprint density at radius 2 is 2.00 bits per heavy atom. The van der Waals surface area contributed by atoms with Crippen LogP contribution in [0.5, 0.6) is 0 Å². The van der Waals surface area contributed by atoms with Crippen LogP contribution in [0.4, 0.5) is 4.79 Å². The maximum atomic E-state index is 12.3. The fraction of sp³-hybridized carbons (Fsp3) is 0.619. The molecule has 28 heavy (non-hydrogen) atoms. The minimum absolute atomic E-state index is 0.163. The molecule has 0 radical (unpaired) electrons. The van der Waals surface area contributed by atoms with Gasteiger partial charge in [-0.05, 0) is 39.0 Å². The maximum Gasteiger partial charge on any atom is 0.330 e. The number of carbonyl (C=O) groups is 2. The van der Waals surface area contributed by atoms with E-state index in [1.165, 1.54) is 6.08 Å². The number of hydrogen-bond donors (Lipinski definition) is 2. The molecule has 3 aliphatic heterocycles. The number of thioether (sulfide) groups is 1. The summed E-state index contributed by atoms with van der Waals surface area (Å²) in [6.45, 7) is 1.92. The van der Waals surface area contributed by atoms with E-state index in [-0.39, 0.29) is 23.7 Å². The summed E-state index contributed by atoms with van der Waals surface area (Å²) in [7, 11) is 0. The number of fused-ring (bicyclic) bond motifs is 2. The van der Waals surface area contributed by atoms with E-state index in [1.54, 1.807) is 0 Å². The molecule has 1 amide bonds. The van der Waals surface area contributed by atoms with E-state index in [2.05, 4.69) is 17.5 Å². The molecule has 2 N–H and O–H groups in total. The normalized spacial score (nSPS) is 39.4. The van der Waals surface area contributed by atoms with Crippen molar-refractivity contribution in [3.63, 3.8) is 0 Å². The summed E-state index contributed by atoms with van der Waals surface area (Å²) in [4.78, 5) is 23.9. The first kappa shape index (κ1) is 21.1. The number of aliphatic hydroxyl groups is 1. The first-order valence-corrected chi connectivity index (χ1v) is 11.0. The zero-order valence-electron chi connectivity index (χ0n) is 16.3. The Labute approximate surface area is 170 Å². The average molecular weight is 408 g/mol. The van der Waals surface area contributed by atoms with Crippen LogP contribution in [0.1, 0.15) is 51.9 Å². The van der Waals surface area contributed by atoms with E-state index >= 15 is 0 Å². The monoisotopic (exact) mass is 407 g/mol. The van der Waals surface area contributed by atoms with Crippen LogP contribution in [0, 0.1) is 0 Å². The van der Waals surface area contributed by atoms with Crippen LogP contribution in [-0.2, 0) is 14.3 Å². The van der Waals surface area contributed by atoms with Crippen LogP contribution in [0.25, 0.3) is 0 Å². The molecule has 0 aromatic carbocycles. The molecule has 3 aliphatic rings. The molecule has 0 aliphatic carbocycles. The predicted octanol–water partition coefficient (Wildman–Crippen LogP) is 3.61. The van der Waals surface area contributed by atoms with Gasteiger partial charge in [-0.25, -0.2) is 4.79 Å². The summed E-state index contributed by atoms with van der Waals surface area (Å²) in [5.74, 6) is -1.46. The van der Waals surface area contributed by atoms with Crippen LogP contribution < -0.4 is 5.32 Å². The third-order valence-corrected chi connectivity index (χ3v) is 6.15. The van der Waals surface area contributed by atoms with Gasteiger partial charge in [-0.1, -0.05) is 41.6 Å². The van der Waals surface area contributed by atoms with Gasteiger partial charge in [0.15, 0.2) is 5.79 Å². The zero-order valence-corrected chi connectivity index (χ0v) is 17.1. The summed E-state index contributed by atoms with van der Waals surface area (Å²) in [6, 6.07) is -0.498. The largest absolute Gasteiger partial charge is 0.459 e. The van der Waals surface area contributed by atoms with Crippen molar-refractivity contribution in [1.82, 2.24) is 5.32 Å². The third-order valence-electron chi connectivity index (χ3n) is 5.27. The fourth-order valence-electron chi connectivity index (χ4n) is 3.80. The smallest absolute Gasteiger partial charge is 0.330 e. The third kappa shape index (κ3) is 5.96. The molecule has 4 atom stereocenters. The lowest BCUT2D eigenvalue weighted by Gasteiger charge is -2.43. The minimum atomic E-state index is -1.52. The molecule has 2 saturated heterocycles. The summed E-state index contributed by atoms with van der Waals surface area (Å²) in [6.07, 6.45) is 14.2. The summed E-state index contributed by atoms with van der Waals surface area (Å²) >= 11 is 1.14. The van der Waals surface area contributed by atoms with Crippen molar-refractivity contribution in [3.8, 4) is 0 Å². The number of hydrogen-bond acceptors (Lipinski definition) is 6. The van der Waals surface area contributed by atoms with Gasteiger partial charge in [-0.3, -0.25) is 4.79 Å². The lowest BCUT2D eigenvalue weighted by molar-refractivity contribution is -0.283. The summed E-state index contributed by atoms with van der Waals surface area (Å²) in [5.41, 5.74) is 0.962. The van der Waals surface area contributed by atoms with Crippen molar-refractivity contribution in [2.24, 2.45) is 0 Å². The average Bonchev–Trinajstić information content (AvgIpc) is 3.06. The van der Waals surface area contributed by atoms with Gasteiger partial charge in [0.05, 0.1) is 12.1 Å². The van der Waals surface area contributed by atoms with E-state index in [4.69, 9.17) is 9.47 Å². The van der Waals surface area contributed by atoms with Gasteiger partial charge in [0.2, 0.25) is 0 Å². The highest BCUT2D eigenvalue weighted by Gasteiger charge is 2.49. The van der Waals surface area contributed by atoms with Crippen molar-refractivity contribution in [1.29, 1.82) is 0 Å². The van der Waals surface area contributed by atoms with Gasteiger partial charge in [0, 0.05) is 24.7 Å². The molecule has 6 nitrogen and oxygen atoms in total. The van der Waals surface area contributed by atoms with Crippen molar-refractivity contribution in [2.45, 2.75) is 75.9 Å². The number of ether oxygens (including phenoxy) is 2. The maximum absolute atomic E-state index is 12.3. The SMILES string of the molecule is C/C1=C/C(=O)OC2CC(CCC/C=C\C=C\CC1)O[C@@](O)([C@@H]1CSC(=O)N1)C2. The number of amides is 1. The highest BCUT2D eigenvalue weighted by Crippen LogP contribution is 2.36. The van der Waals surface area contributed by atoms with Crippen molar-refractivity contribution in [2.75, 3.05) is 5.75 Å².